The molecule has 0 radical (unpaired) electrons. The number of amides is 2. The summed E-state index contributed by atoms with van der Waals surface area (Å²) in [4.78, 5) is 28.8. The topological polar surface area (TPSA) is 62.3 Å². The molecule has 1 N–H and O–H groups in total. The van der Waals surface area contributed by atoms with Gasteiger partial charge in [-0.05, 0) is 49.9 Å². The fraction of sp³-hybridized carbons (Fsp3) is 0.381. The van der Waals surface area contributed by atoms with Gasteiger partial charge in [-0.1, -0.05) is 12.1 Å². The minimum absolute atomic E-state index is 0.189. The van der Waals surface area contributed by atoms with Crippen LogP contribution < -0.4 is 5.32 Å². The summed E-state index contributed by atoms with van der Waals surface area (Å²) in [6.45, 7) is 0. The summed E-state index contributed by atoms with van der Waals surface area (Å²) in [5.74, 6) is -2.56. The minimum Gasteiger partial charge on any atom is -0.349 e. The number of benzene rings is 1. The summed E-state index contributed by atoms with van der Waals surface area (Å²) in [7, 11) is 1.16. The average Bonchev–Trinajstić information content (AvgIpc) is 2.72. The Hall–Kier alpha value is -2.97. The zero-order valence-corrected chi connectivity index (χ0v) is 16.2. The molecule has 3 rings (SSSR count). The highest BCUT2D eigenvalue weighted by Crippen LogP contribution is 2.27. The van der Waals surface area contributed by atoms with E-state index < -0.39 is 18.1 Å². The van der Waals surface area contributed by atoms with Crippen molar-refractivity contribution in [1.29, 1.82) is 0 Å². The third kappa shape index (κ3) is 5.14. The van der Waals surface area contributed by atoms with Gasteiger partial charge in [-0.25, -0.2) is 4.39 Å². The third-order valence-electron chi connectivity index (χ3n) is 5.29. The first-order valence-corrected chi connectivity index (χ1v) is 9.52. The van der Waals surface area contributed by atoms with E-state index in [4.69, 9.17) is 0 Å². The molecule has 0 aliphatic heterocycles. The molecule has 1 heterocycles. The highest BCUT2D eigenvalue weighted by Gasteiger charge is 2.43. The normalized spacial score (nSPS) is 19.2. The fourth-order valence-electron chi connectivity index (χ4n) is 3.59. The van der Waals surface area contributed by atoms with Crippen LogP contribution in [0, 0.1) is 5.82 Å². The van der Waals surface area contributed by atoms with Crippen LogP contribution in [0.2, 0.25) is 0 Å². The molecule has 160 valence electrons. The monoisotopic (exact) mass is 423 g/mol. The van der Waals surface area contributed by atoms with Crippen molar-refractivity contribution in [3.05, 3.63) is 54.0 Å². The van der Waals surface area contributed by atoms with Gasteiger partial charge in [0.1, 0.15) is 5.82 Å². The van der Waals surface area contributed by atoms with E-state index in [0.717, 1.165) is 11.9 Å². The zero-order chi connectivity index (χ0) is 21.9. The maximum atomic E-state index is 13.3. The number of nitrogens with zero attached hydrogens (tertiary/aromatic N) is 2. The van der Waals surface area contributed by atoms with E-state index in [0.29, 0.717) is 42.5 Å². The number of carbonyl (C=O) groups excluding carboxylic acids is 2. The van der Waals surface area contributed by atoms with Gasteiger partial charge in [0.2, 0.25) is 0 Å². The molecule has 0 bridgehead atoms. The van der Waals surface area contributed by atoms with Crippen molar-refractivity contribution in [2.24, 2.45) is 0 Å². The van der Waals surface area contributed by atoms with Crippen molar-refractivity contribution in [1.82, 2.24) is 15.2 Å². The molecule has 1 aliphatic carbocycles. The van der Waals surface area contributed by atoms with Crippen LogP contribution in [0.1, 0.15) is 36.0 Å². The van der Waals surface area contributed by atoms with Gasteiger partial charge in [0.15, 0.2) is 0 Å². The molecule has 0 spiro atoms. The number of aromatic nitrogens is 1. The van der Waals surface area contributed by atoms with E-state index in [1.807, 2.05) is 0 Å². The summed E-state index contributed by atoms with van der Waals surface area (Å²) in [6, 6.07) is 8.48. The van der Waals surface area contributed by atoms with Crippen LogP contribution in [0.3, 0.4) is 0 Å². The van der Waals surface area contributed by atoms with Crippen molar-refractivity contribution < 1.29 is 27.2 Å². The fourth-order valence-corrected chi connectivity index (χ4v) is 3.59. The first-order valence-electron chi connectivity index (χ1n) is 9.52. The molecular weight excluding hydrogens is 402 g/mol. The molecule has 5 nitrogen and oxygen atoms in total. The Morgan fingerprint density at radius 1 is 1.10 bits per heavy atom. The van der Waals surface area contributed by atoms with Gasteiger partial charge < -0.3 is 10.2 Å². The predicted octanol–water partition coefficient (Wildman–Crippen LogP) is 3.95. The van der Waals surface area contributed by atoms with Gasteiger partial charge >= 0.3 is 12.1 Å². The highest BCUT2D eigenvalue weighted by molar-refractivity contribution is 5.94. The van der Waals surface area contributed by atoms with Gasteiger partial charge in [0.25, 0.3) is 5.91 Å². The standard InChI is InChI=1S/C21H21F4N3O2/c1-28(20(30)21(23,24)25)17-8-6-16(7-9-17)27-19(29)14-5-10-18(26-12-14)13-3-2-4-15(22)11-13/h2-5,10-12,16-17H,6-9H2,1H3,(H,27,29). The number of alkyl halides is 3. The number of halogens is 4. The van der Waals surface area contributed by atoms with Gasteiger partial charge in [-0.2, -0.15) is 13.2 Å². The number of pyridine rings is 1. The Morgan fingerprint density at radius 3 is 2.37 bits per heavy atom. The molecule has 1 aromatic carbocycles. The summed E-state index contributed by atoms with van der Waals surface area (Å²) in [5, 5.41) is 2.86. The van der Waals surface area contributed by atoms with E-state index >= 15 is 0 Å². The SMILES string of the molecule is CN(C(=O)C(F)(F)F)C1CCC(NC(=O)c2ccc(-c3cccc(F)c3)nc2)CC1. The maximum Gasteiger partial charge on any atom is 0.471 e. The molecule has 1 aliphatic rings. The number of carbonyl (C=O) groups is 2. The Labute approximate surface area is 171 Å². The molecule has 2 amide bonds. The zero-order valence-electron chi connectivity index (χ0n) is 16.2. The Morgan fingerprint density at radius 2 is 1.80 bits per heavy atom. The lowest BCUT2D eigenvalue weighted by atomic mass is 9.90. The number of hydrogen-bond acceptors (Lipinski definition) is 3. The second-order valence-electron chi connectivity index (χ2n) is 7.34. The number of nitrogens with one attached hydrogen (secondary N) is 1. The predicted molar refractivity (Wildman–Crippen MR) is 102 cm³/mol. The van der Waals surface area contributed by atoms with Crippen LogP contribution in [0.15, 0.2) is 42.6 Å². The first-order chi connectivity index (χ1) is 14.1. The van der Waals surface area contributed by atoms with Crippen molar-refractivity contribution in [2.45, 2.75) is 43.9 Å². The molecule has 1 aromatic heterocycles. The molecule has 0 saturated heterocycles. The lowest BCUT2D eigenvalue weighted by molar-refractivity contribution is -0.186. The van der Waals surface area contributed by atoms with E-state index in [1.54, 1.807) is 24.3 Å². The molecular formula is C21H21F4N3O2. The Bertz CT molecular complexity index is 907. The van der Waals surface area contributed by atoms with Crippen LogP contribution in [0.25, 0.3) is 11.3 Å². The quantitative estimate of drug-likeness (QED) is 0.758. The summed E-state index contributed by atoms with van der Waals surface area (Å²) < 4.78 is 51.1. The lowest BCUT2D eigenvalue weighted by Gasteiger charge is -2.35. The largest absolute Gasteiger partial charge is 0.471 e. The van der Waals surface area contributed by atoms with Gasteiger partial charge in [-0.15, -0.1) is 0 Å². The van der Waals surface area contributed by atoms with Gasteiger partial charge in [0.05, 0.1) is 11.3 Å². The van der Waals surface area contributed by atoms with Crippen LogP contribution >= 0.6 is 0 Å². The molecule has 1 saturated carbocycles. The van der Waals surface area contributed by atoms with E-state index in [-0.39, 0.29) is 17.8 Å². The molecule has 2 aromatic rings. The van der Waals surface area contributed by atoms with Crippen molar-refractivity contribution in [2.75, 3.05) is 7.05 Å². The van der Waals surface area contributed by atoms with Crippen molar-refractivity contribution in [3.63, 3.8) is 0 Å². The molecule has 0 atom stereocenters. The summed E-state index contributed by atoms with van der Waals surface area (Å²) in [5.41, 5.74) is 1.46. The van der Waals surface area contributed by atoms with Crippen molar-refractivity contribution in [3.8, 4) is 11.3 Å². The van der Waals surface area contributed by atoms with Gasteiger partial charge in [0, 0.05) is 30.9 Å². The molecule has 30 heavy (non-hydrogen) atoms. The summed E-state index contributed by atoms with van der Waals surface area (Å²) >= 11 is 0. The number of rotatable bonds is 4. The minimum atomic E-state index is -4.88. The van der Waals surface area contributed by atoms with E-state index in [1.165, 1.54) is 18.3 Å². The van der Waals surface area contributed by atoms with Crippen LogP contribution in [0.5, 0.6) is 0 Å². The average molecular weight is 423 g/mol. The highest BCUT2D eigenvalue weighted by atomic mass is 19.4. The second-order valence-corrected chi connectivity index (χ2v) is 7.34. The molecule has 9 heteroatoms. The van der Waals surface area contributed by atoms with Crippen molar-refractivity contribution >= 4 is 11.8 Å². The Kier molecular flexibility index (Phi) is 6.38. The second kappa shape index (κ2) is 8.81. The number of hydrogen-bond donors (Lipinski definition) is 1. The van der Waals surface area contributed by atoms with E-state index in [9.17, 15) is 27.2 Å². The van der Waals surface area contributed by atoms with Crippen LogP contribution in [-0.2, 0) is 4.79 Å². The lowest BCUT2D eigenvalue weighted by Crippen LogP contribution is -2.48. The van der Waals surface area contributed by atoms with Gasteiger partial charge in [-0.3, -0.25) is 14.6 Å². The van der Waals surface area contributed by atoms with Crippen LogP contribution in [0.4, 0.5) is 17.6 Å². The molecule has 1 fully saturated rings. The first kappa shape index (κ1) is 21.7. The smallest absolute Gasteiger partial charge is 0.349 e. The van der Waals surface area contributed by atoms with E-state index in [2.05, 4.69) is 10.3 Å². The van der Waals surface area contributed by atoms with Crippen LogP contribution in [-0.4, -0.2) is 47.0 Å². The molecule has 0 unspecified atom stereocenters. The third-order valence-corrected chi connectivity index (χ3v) is 5.29. The Balaban J connectivity index is 1.54. The summed E-state index contributed by atoms with van der Waals surface area (Å²) in [6.07, 6.45) is -1.79. The maximum absolute atomic E-state index is 13.3.